The molecular weight excluding hydrogens is 155 g/mol. The SMILES string of the molecule is Fc1ccc(C2NCCN2)cc1. The predicted molar refractivity (Wildman–Crippen MR) is 45.1 cm³/mol. The Hall–Kier alpha value is -0.930. The van der Waals surface area contributed by atoms with E-state index in [-0.39, 0.29) is 12.0 Å². The maximum atomic E-state index is 12.5. The number of nitrogens with one attached hydrogen (secondary N) is 2. The second-order valence-corrected chi connectivity index (χ2v) is 2.89. The van der Waals surface area contributed by atoms with E-state index in [0.717, 1.165) is 18.7 Å². The van der Waals surface area contributed by atoms with E-state index in [4.69, 9.17) is 0 Å². The summed E-state index contributed by atoms with van der Waals surface area (Å²) in [7, 11) is 0. The van der Waals surface area contributed by atoms with Crippen LogP contribution >= 0.6 is 0 Å². The summed E-state index contributed by atoms with van der Waals surface area (Å²) in [6, 6.07) is 6.56. The first kappa shape index (κ1) is 7.71. The Balaban J connectivity index is 2.17. The van der Waals surface area contributed by atoms with Crippen molar-refractivity contribution in [2.45, 2.75) is 6.17 Å². The lowest BCUT2D eigenvalue weighted by atomic mass is 10.2. The highest BCUT2D eigenvalue weighted by atomic mass is 19.1. The van der Waals surface area contributed by atoms with E-state index in [1.165, 1.54) is 12.1 Å². The minimum absolute atomic E-state index is 0.184. The molecule has 12 heavy (non-hydrogen) atoms. The van der Waals surface area contributed by atoms with Crippen molar-refractivity contribution in [2.75, 3.05) is 13.1 Å². The molecule has 64 valence electrons. The molecule has 1 aromatic carbocycles. The van der Waals surface area contributed by atoms with Gasteiger partial charge in [-0.15, -0.1) is 0 Å². The minimum Gasteiger partial charge on any atom is -0.297 e. The average molecular weight is 166 g/mol. The lowest BCUT2D eigenvalue weighted by molar-refractivity contribution is 0.582. The smallest absolute Gasteiger partial charge is 0.123 e. The predicted octanol–water partition coefficient (Wildman–Crippen LogP) is 1.02. The fourth-order valence-corrected chi connectivity index (χ4v) is 1.40. The fraction of sp³-hybridized carbons (Fsp3) is 0.333. The van der Waals surface area contributed by atoms with Crippen LogP contribution in [-0.4, -0.2) is 13.1 Å². The summed E-state index contributed by atoms with van der Waals surface area (Å²) in [6.07, 6.45) is 0.200. The van der Waals surface area contributed by atoms with Crippen LogP contribution in [0, 0.1) is 5.82 Å². The third-order valence-electron chi connectivity index (χ3n) is 2.03. The van der Waals surface area contributed by atoms with Crippen molar-refractivity contribution in [3.63, 3.8) is 0 Å². The first-order chi connectivity index (χ1) is 5.86. The number of hydrogen-bond donors (Lipinski definition) is 2. The Morgan fingerprint density at radius 3 is 2.25 bits per heavy atom. The zero-order chi connectivity index (χ0) is 8.39. The molecule has 0 unspecified atom stereocenters. The molecule has 1 aliphatic rings. The summed E-state index contributed by atoms with van der Waals surface area (Å²) < 4.78 is 12.5. The van der Waals surface area contributed by atoms with Crippen LogP contribution < -0.4 is 10.6 Å². The van der Waals surface area contributed by atoms with Gasteiger partial charge in [0.05, 0.1) is 6.17 Å². The van der Waals surface area contributed by atoms with Gasteiger partial charge >= 0.3 is 0 Å². The Labute approximate surface area is 70.8 Å². The molecule has 0 aliphatic carbocycles. The van der Waals surface area contributed by atoms with Gasteiger partial charge in [-0.1, -0.05) is 12.1 Å². The molecule has 1 aromatic rings. The van der Waals surface area contributed by atoms with Crippen molar-refractivity contribution in [1.82, 2.24) is 10.6 Å². The third kappa shape index (κ3) is 1.47. The summed E-state index contributed by atoms with van der Waals surface area (Å²) in [5, 5.41) is 6.52. The number of rotatable bonds is 1. The standard InChI is InChI=1S/C9H11FN2/c10-8-3-1-7(2-4-8)9-11-5-6-12-9/h1-4,9,11-12H,5-6H2. The summed E-state index contributed by atoms with van der Waals surface area (Å²) in [4.78, 5) is 0. The second-order valence-electron chi connectivity index (χ2n) is 2.89. The molecule has 1 heterocycles. The van der Waals surface area contributed by atoms with E-state index in [2.05, 4.69) is 10.6 Å². The van der Waals surface area contributed by atoms with Gasteiger partial charge in [-0.25, -0.2) is 4.39 Å². The van der Waals surface area contributed by atoms with E-state index < -0.39 is 0 Å². The van der Waals surface area contributed by atoms with Gasteiger partial charge in [0, 0.05) is 13.1 Å². The van der Waals surface area contributed by atoms with Gasteiger partial charge in [0.1, 0.15) is 5.82 Å². The molecular formula is C9H11FN2. The molecule has 1 aliphatic heterocycles. The Bertz CT molecular complexity index is 252. The molecule has 1 saturated heterocycles. The third-order valence-corrected chi connectivity index (χ3v) is 2.03. The van der Waals surface area contributed by atoms with Crippen LogP contribution in [0.2, 0.25) is 0 Å². The van der Waals surface area contributed by atoms with Crippen LogP contribution in [0.25, 0.3) is 0 Å². The van der Waals surface area contributed by atoms with Gasteiger partial charge < -0.3 is 0 Å². The molecule has 0 amide bonds. The van der Waals surface area contributed by atoms with E-state index >= 15 is 0 Å². The number of hydrogen-bond acceptors (Lipinski definition) is 2. The lowest BCUT2D eigenvalue weighted by Crippen LogP contribution is -2.20. The first-order valence-electron chi connectivity index (χ1n) is 4.08. The zero-order valence-electron chi connectivity index (χ0n) is 6.68. The highest BCUT2D eigenvalue weighted by molar-refractivity contribution is 5.20. The average Bonchev–Trinajstić information content (AvgIpc) is 2.58. The number of halogens is 1. The first-order valence-corrected chi connectivity index (χ1v) is 4.08. The largest absolute Gasteiger partial charge is 0.297 e. The van der Waals surface area contributed by atoms with Crippen LogP contribution in [0.3, 0.4) is 0 Å². The molecule has 1 fully saturated rings. The fourth-order valence-electron chi connectivity index (χ4n) is 1.40. The molecule has 0 aromatic heterocycles. The maximum Gasteiger partial charge on any atom is 0.123 e. The Kier molecular flexibility index (Phi) is 2.06. The molecule has 2 nitrogen and oxygen atoms in total. The van der Waals surface area contributed by atoms with Gasteiger partial charge in [-0.2, -0.15) is 0 Å². The topological polar surface area (TPSA) is 24.1 Å². The van der Waals surface area contributed by atoms with Gasteiger partial charge in [0.15, 0.2) is 0 Å². The van der Waals surface area contributed by atoms with Crippen molar-refractivity contribution in [2.24, 2.45) is 0 Å². The Morgan fingerprint density at radius 1 is 1.08 bits per heavy atom. The van der Waals surface area contributed by atoms with Gasteiger partial charge in [0.25, 0.3) is 0 Å². The van der Waals surface area contributed by atoms with Crippen molar-refractivity contribution in [3.8, 4) is 0 Å². The minimum atomic E-state index is -0.184. The maximum absolute atomic E-state index is 12.5. The van der Waals surface area contributed by atoms with Crippen LogP contribution in [0.4, 0.5) is 4.39 Å². The van der Waals surface area contributed by atoms with Crippen molar-refractivity contribution < 1.29 is 4.39 Å². The molecule has 0 bridgehead atoms. The highest BCUT2D eigenvalue weighted by Gasteiger charge is 2.14. The second kappa shape index (κ2) is 3.21. The summed E-state index contributed by atoms with van der Waals surface area (Å²) in [6.45, 7) is 1.95. The quantitative estimate of drug-likeness (QED) is 0.650. The summed E-state index contributed by atoms with van der Waals surface area (Å²) in [5.74, 6) is -0.184. The summed E-state index contributed by atoms with van der Waals surface area (Å²) >= 11 is 0. The van der Waals surface area contributed by atoms with Crippen molar-refractivity contribution in [1.29, 1.82) is 0 Å². The van der Waals surface area contributed by atoms with Crippen LogP contribution in [0.15, 0.2) is 24.3 Å². The van der Waals surface area contributed by atoms with E-state index in [0.29, 0.717) is 0 Å². The monoisotopic (exact) mass is 166 g/mol. The normalized spacial score (nSPS) is 18.4. The molecule has 3 heteroatoms. The van der Waals surface area contributed by atoms with Crippen LogP contribution in [0.1, 0.15) is 11.7 Å². The number of benzene rings is 1. The van der Waals surface area contributed by atoms with E-state index in [1.54, 1.807) is 12.1 Å². The highest BCUT2D eigenvalue weighted by Crippen LogP contribution is 2.12. The van der Waals surface area contributed by atoms with Gasteiger partial charge in [-0.3, -0.25) is 10.6 Å². The van der Waals surface area contributed by atoms with Gasteiger partial charge in [0.2, 0.25) is 0 Å². The lowest BCUT2D eigenvalue weighted by Gasteiger charge is -2.10. The summed E-state index contributed by atoms with van der Waals surface area (Å²) in [5.41, 5.74) is 1.09. The molecule has 0 spiro atoms. The molecule has 0 saturated carbocycles. The van der Waals surface area contributed by atoms with Crippen LogP contribution in [-0.2, 0) is 0 Å². The van der Waals surface area contributed by atoms with Crippen molar-refractivity contribution in [3.05, 3.63) is 35.6 Å². The van der Waals surface area contributed by atoms with Crippen molar-refractivity contribution >= 4 is 0 Å². The molecule has 0 atom stereocenters. The van der Waals surface area contributed by atoms with E-state index in [9.17, 15) is 4.39 Å². The molecule has 2 N–H and O–H groups in total. The molecule has 2 rings (SSSR count). The van der Waals surface area contributed by atoms with Gasteiger partial charge in [-0.05, 0) is 17.7 Å². The zero-order valence-corrected chi connectivity index (χ0v) is 6.68. The van der Waals surface area contributed by atoms with Crippen LogP contribution in [0.5, 0.6) is 0 Å². The van der Waals surface area contributed by atoms with E-state index in [1.807, 2.05) is 0 Å². The Morgan fingerprint density at radius 2 is 1.67 bits per heavy atom. The molecule has 0 radical (unpaired) electrons.